The van der Waals surface area contributed by atoms with Gasteiger partial charge in [-0.25, -0.2) is 19.7 Å². The van der Waals surface area contributed by atoms with Crippen molar-refractivity contribution in [3.8, 4) is 17.1 Å². The molecule has 4 heterocycles. The minimum Gasteiger partial charge on any atom is -0.475 e. The largest absolute Gasteiger partial charge is 0.475 e. The number of hydrogen-bond donors (Lipinski definition) is 2. The zero-order valence-electron chi connectivity index (χ0n) is 22.4. The van der Waals surface area contributed by atoms with Gasteiger partial charge in [-0.05, 0) is 76.3 Å². The maximum absolute atomic E-state index is 13.5. The Kier molecular flexibility index (Phi) is 7.44. The number of carbonyl (C=O) groups is 1. The zero-order valence-corrected chi connectivity index (χ0v) is 23.2. The van der Waals surface area contributed by atoms with Crippen LogP contribution < -0.4 is 20.1 Å². The van der Waals surface area contributed by atoms with Gasteiger partial charge in [-0.15, -0.1) is 0 Å². The number of carbonyl (C=O) groups excluding carboxylic acids is 1. The number of fused-ring (bicyclic) bond motifs is 1. The Labute approximate surface area is 229 Å². The van der Waals surface area contributed by atoms with Crippen molar-refractivity contribution < 1.29 is 17.9 Å². The smallest absolute Gasteiger partial charge is 0.281 e. The third kappa shape index (κ3) is 5.68. The number of nitrogens with zero attached hydrogens (tertiary/aromatic N) is 4. The second kappa shape index (κ2) is 10.8. The van der Waals surface area contributed by atoms with E-state index in [0.717, 1.165) is 31.2 Å². The van der Waals surface area contributed by atoms with Crippen LogP contribution in [0.2, 0.25) is 0 Å². The predicted molar refractivity (Wildman–Crippen MR) is 149 cm³/mol. The molecule has 0 aromatic carbocycles. The van der Waals surface area contributed by atoms with Gasteiger partial charge in [0.15, 0.2) is 5.03 Å². The molecule has 10 nitrogen and oxygen atoms in total. The van der Waals surface area contributed by atoms with Crippen LogP contribution in [0.15, 0.2) is 53.7 Å². The fourth-order valence-electron chi connectivity index (χ4n) is 5.71. The topological polar surface area (TPSA) is 140 Å². The third-order valence-electron chi connectivity index (χ3n) is 7.35. The van der Waals surface area contributed by atoms with Crippen LogP contribution in [-0.4, -0.2) is 47.5 Å². The summed E-state index contributed by atoms with van der Waals surface area (Å²) in [6.45, 7) is 6.01. The number of ether oxygens (including phenoxy) is 1. The monoisotopic (exact) mass is 550 g/mol. The standard InChI is InChI=1S/C28H34N6O4S/c1-17(2)38-25-14-11-20(16-30-25)22-13-12-21(28(35)33-39(36,37)26-10-6-9-24(29)32-26)27(31-22)34-18(3)15-19-7-4-5-8-23(19)34/h6,9-14,16-19,23H,4-5,7-8,15H2,1-3H3,(H2,29,32)(H,33,35). The van der Waals surface area contributed by atoms with E-state index in [1.54, 1.807) is 24.4 Å². The highest BCUT2D eigenvalue weighted by molar-refractivity contribution is 7.90. The van der Waals surface area contributed by atoms with Crippen molar-refractivity contribution in [1.29, 1.82) is 0 Å². The summed E-state index contributed by atoms with van der Waals surface area (Å²) < 4.78 is 33.8. The first kappa shape index (κ1) is 26.9. The van der Waals surface area contributed by atoms with E-state index in [4.69, 9.17) is 15.5 Å². The maximum atomic E-state index is 13.5. The number of anilines is 2. The number of sulfonamides is 1. The van der Waals surface area contributed by atoms with Gasteiger partial charge in [-0.2, -0.15) is 8.42 Å². The van der Waals surface area contributed by atoms with Crippen molar-refractivity contribution in [3.05, 3.63) is 54.2 Å². The maximum Gasteiger partial charge on any atom is 0.281 e. The van der Waals surface area contributed by atoms with E-state index in [0.29, 0.717) is 23.3 Å². The van der Waals surface area contributed by atoms with Crippen LogP contribution >= 0.6 is 0 Å². The summed E-state index contributed by atoms with van der Waals surface area (Å²) in [5.41, 5.74) is 7.26. The number of nitrogen functional groups attached to an aromatic ring is 1. The second-order valence-corrected chi connectivity index (χ2v) is 12.2. The third-order valence-corrected chi connectivity index (χ3v) is 8.58. The molecule has 0 bridgehead atoms. The van der Waals surface area contributed by atoms with Crippen LogP contribution in [0.25, 0.3) is 11.3 Å². The van der Waals surface area contributed by atoms with E-state index in [2.05, 4.69) is 26.5 Å². The van der Waals surface area contributed by atoms with Crippen molar-refractivity contribution in [3.63, 3.8) is 0 Å². The highest BCUT2D eigenvalue weighted by atomic mass is 32.2. The molecule has 1 aliphatic carbocycles. The van der Waals surface area contributed by atoms with Crippen molar-refractivity contribution in [2.45, 2.75) is 76.1 Å². The summed E-state index contributed by atoms with van der Waals surface area (Å²) in [6, 6.07) is 11.7. The Bertz CT molecular complexity index is 1460. The molecule has 2 fully saturated rings. The van der Waals surface area contributed by atoms with Crippen molar-refractivity contribution in [1.82, 2.24) is 19.7 Å². The molecular formula is C28H34N6O4S. The Morgan fingerprint density at radius 2 is 1.90 bits per heavy atom. The van der Waals surface area contributed by atoms with Gasteiger partial charge in [-0.3, -0.25) is 4.79 Å². The van der Waals surface area contributed by atoms with E-state index >= 15 is 0 Å². The average Bonchev–Trinajstić information content (AvgIpc) is 3.23. The molecule has 3 atom stereocenters. The molecule has 206 valence electrons. The second-order valence-electron chi connectivity index (χ2n) is 10.6. The lowest BCUT2D eigenvalue weighted by atomic mass is 9.85. The molecule has 1 aliphatic heterocycles. The molecule has 3 aromatic heterocycles. The molecule has 11 heteroatoms. The van der Waals surface area contributed by atoms with Crippen LogP contribution in [0.3, 0.4) is 0 Å². The van der Waals surface area contributed by atoms with E-state index in [1.807, 2.05) is 19.9 Å². The number of nitrogens with two attached hydrogens (primary N) is 1. The minimum absolute atomic E-state index is 0.00442. The lowest BCUT2D eigenvalue weighted by Gasteiger charge is -2.35. The van der Waals surface area contributed by atoms with Crippen LogP contribution in [0.5, 0.6) is 5.88 Å². The molecule has 39 heavy (non-hydrogen) atoms. The number of amides is 1. The van der Waals surface area contributed by atoms with Crippen molar-refractivity contribution in [2.24, 2.45) is 5.92 Å². The van der Waals surface area contributed by atoms with Gasteiger partial charge < -0.3 is 15.4 Å². The molecule has 5 rings (SSSR count). The average molecular weight is 551 g/mol. The molecule has 3 aromatic rings. The Morgan fingerprint density at radius 3 is 2.62 bits per heavy atom. The number of aromatic nitrogens is 3. The van der Waals surface area contributed by atoms with Crippen molar-refractivity contribution in [2.75, 3.05) is 10.6 Å². The predicted octanol–water partition coefficient (Wildman–Crippen LogP) is 4.18. The number of rotatable bonds is 7. The molecule has 0 spiro atoms. The summed E-state index contributed by atoms with van der Waals surface area (Å²) >= 11 is 0. The van der Waals surface area contributed by atoms with E-state index in [1.165, 1.54) is 24.6 Å². The van der Waals surface area contributed by atoms with Crippen LogP contribution in [-0.2, 0) is 10.0 Å². The lowest BCUT2D eigenvalue weighted by Crippen LogP contribution is -2.40. The van der Waals surface area contributed by atoms with Gasteiger partial charge in [0.25, 0.3) is 15.9 Å². The molecule has 0 radical (unpaired) electrons. The minimum atomic E-state index is -4.25. The molecule has 3 N–H and O–H groups in total. The SMILES string of the molecule is CC(C)Oc1ccc(-c2ccc(C(=O)NS(=O)(=O)c3cccc(N)n3)c(N3C(C)CC4CCCCC43)n2)cn1. The molecule has 3 unspecified atom stereocenters. The fraction of sp³-hybridized carbons (Fsp3) is 0.429. The van der Waals surface area contributed by atoms with Gasteiger partial charge >= 0.3 is 0 Å². The van der Waals surface area contributed by atoms with E-state index < -0.39 is 15.9 Å². The first-order chi connectivity index (χ1) is 18.6. The summed E-state index contributed by atoms with van der Waals surface area (Å²) in [6.07, 6.45) is 7.17. The lowest BCUT2D eigenvalue weighted by molar-refractivity contribution is 0.0981. The van der Waals surface area contributed by atoms with Gasteiger partial charge in [0, 0.05) is 29.9 Å². The Hall–Kier alpha value is -3.73. The number of nitrogens with one attached hydrogen (secondary N) is 1. The molecule has 2 aliphatic rings. The Morgan fingerprint density at radius 1 is 1.10 bits per heavy atom. The quantitative estimate of drug-likeness (QED) is 0.443. The number of hydrogen-bond acceptors (Lipinski definition) is 9. The normalized spacial score (nSPS) is 21.0. The summed E-state index contributed by atoms with van der Waals surface area (Å²) in [7, 11) is -4.25. The fourth-order valence-corrected chi connectivity index (χ4v) is 6.65. The first-order valence-electron chi connectivity index (χ1n) is 13.3. The molecule has 1 saturated carbocycles. The Balaban J connectivity index is 1.53. The van der Waals surface area contributed by atoms with Crippen molar-refractivity contribution >= 4 is 27.6 Å². The van der Waals surface area contributed by atoms with E-state index in [9.17, 15) is 13.2 Å². The van der Waals surface area contributed by atoms with E-state index in [-0.39, 0.29) is 34.6 Å². The zero-order chi connectivity index (χ0) is 27.7. The summed E-state index contributed by atoms with van der Waals surface area (Å²) in [4.78, 5) is 28.9. The highest BCUT2D eigenvalue weighted by Gasteiger charge is 2.42. The van der Waals surface area contributed by atoms with Crippen LogP contribution in [0, 0.1) is 5.92 Å². The summed E-state index contributed by atoms with van der Waals surface area (Å²) in [5, 5.41) is -0.321. The van der Waals surface area contributed by atoms with Crippen LogP contribution in [0.1, 0.15) is 63.2 Å². The molecule has 1 saturated heterocycles. The van der Waals surface area contributed by atoms with Gasteiger partial charge in [-0.1, -0.05) is 18.9 Å². The highest BCUT2D eigenvalue weighted by Crippen LogP contribution is 2.43. The van der Waals surface area contributed by atoms with Crippen LogP contribution in [0.4, 0.5) is 11.6 Å². The van der Waals surface area contributed by atoms with Gasteiger partial charge in [0.2, 0.25) is 5.88 Å². The molecule has 1 amide bonds. The van der Waals surface area contributed by atoms with Gasteiger partial charge in [0.1, 0.15) is 11.6 Å². The molecular weight excluding hydrogens is 516 g/mol. The number of pyridine rings is 3. The van der Waals surface area contributed by atoms with Gasteiger partial charge in [0.05, 0.1) is 17.4 Å². The first-order valence-corrected chi connectivity index (χ1v) is 14.8. The summed E-state index contributed by atoms with van der Waals surface area (Å²) in [5.74, 6) is 0.793.